The lowest BCUT2D eigenvalue weighted by molar-refractivity contribution is 0.0534. The highest BCUT2D eigenvalue weighted by Crippen LogP contribution is 2.29. The molecule has 1 aliphatic heterocycles. The zero-order valence-corrected chi connectivity index (χ0v) is 19.0. The van der Waals surface area contributed by atoms with Crippen molar-refractivity contribution in [2.45, 2.75) is 25.8 Å². The number of amides is 1. The fourth-order valence-corrected chi connectivity index (χ4v) is 4.56. The maximum absolute atomic E-state index is 14.9. The zero-order chi connectivity index (χ0) is 23.8. The number of rotatable bonds is 5. The van der Waals surface area contributed by atoms with Crippen LogP contribution >= 0.6 is 11.6 Å². The molecule has 8 nitrogen and oxygen atoms in total. The van der Waals surface area contributed by atoms with Gasteiger partial charge >= 0.3 is 0 Å². The first-order valence-electron chi connectivity index (χ1n) is 10.9. The quantitative estimate of drug-likeness (QED) is 0.440. The molecule has 0 aliphatic carbocycles. The molecule has 1 N–H and O–H groups in total. The van der Waals surface area contributed by atoms with Crippen LogP contribution in [0.4, 0.5) is 14.8 Å². The second-order valence-corrected chi connectivity index (χ2v) is 8.73. The first-order chi connectivity index (χ1) is 16.4. The molecule has 1 aliphatic rings. The molecule has 11 heteroatoms. The normalized spacial score (nSPS) is 18.4. The highest BCUT2D eigenvalue weighted by molar-refractivity contribution is 6.31. The molecule has 0 saturated carbocycles. The van der Waals surface area contributed by atoms with Gasteiger partial charge in [0.15, 0.2) is 5.58 Å². The largest absolute Gasteiger partial charge is 0.424 e. The molecule has 1 saturated heterocycles. The number of aromatic nitrogens is 4. The third-order valence-corrected chi connectivity index (χ3v) is 6.31. The Balaban J connectivity index is 1.43. The van der Waals surface area contributed by atoms with E-state index in [0.29, 0.717) is 41.3 Å². The third kappa shape index (κ3) is 4.21. The molecule has 2 aromatic carbocycles. The number of fused-ring (bicyclic) bond motifs is 1. The maximum Gasteiger partial charge on any atom is 0.295 e. The van der Waals surface area contributed by atoms with Gasteiger partial charge in [0.25, 0.3) is 11.9 Å². The van der Waals surface area contributed by atoms with E-state index in [1.165, 1.54) is 12.4 Å². The van der Waals surface area contributed by atoms with Crippen LogP contribution in [0.5, 0.6) is 0 Å². The molecule has 2 atom stereocenters. The molecule has 4 aromatic rings. The topological polar surface area (TPSA) is 89.1 Å². The van der Waals surface area contributed by atoms with Crippen LogP contribution < -0.4 is 5.32 Å². The summed E-state index contributed by atoms with van der Waals surface area (Å²) in [5.74, 6) is -2.20. The molecule has 176 valence electrons. The van der Waals surface area contributed by atoms with E-state index < -0.39 is 17.5 Å². The molecule has 2 unspecified atom stereocenters. The fraction of sp³-hybridized carbons (Fsp3) is 0.304. The van der Waals surface area contributed by atoms with E-state index in [1.54, 1.807) is 23.1 Å². The Morgan fingerprint density at radius 2 is 2.03 bits per heavy atom. The minimum Gasteiger partial charge on any atom is -0.424 e. The summed E-state index contributed by atoms with van der Waals surface area (Å²) in [6.07, 6.45) is 4.42. The Morgan fingerprint density at radius 1 is 1.24 bits per heavy atom. The Bertz CT molecular complexity index is 1340. The molecule has 1 fully saturated rings. The Hall–Kier alpha value is -3.53. The monoisotopic (exact) mass is 486 g/mol. The standard InChI is InChI=1S/C23H21ClF2N6O2/c1-13-3-2-8-31(19(13)12-27-23-30-17-9-14(24)4-5-20(17)34-23)22(33)21-16(26)10-15(25)11-18(21)32-28-6-7-29-32/h4-7,9-11,13,19H,2-3,8,12H2,1H3,(H,27,30). The molecule has 5 rings (SSSR count). The van der Waals surface area contributed by atoms with Crippen molar-refractivity contribution in [3.8, 4) is 5.69 Å². The van der Waals surface area contributed by atoms with Crippen LogP contribution in [0.3, 0.4) is 0 Å². The predicted octanol–water partition coefficient (Wildman–Crippen LogP) is 4.69. The van der Waals surface area contributed by atoms with Crippen LogP contribution in [0.25, 0.3) is 16.8 Å². The first kappa shape index (κ1) is 22.3. The van der Waals surface area contributed by atoms with Crippen molar-refractivity contribution < 1.29 is 18.0 Å². The number of benzene rings is 2. The predicted molar refractivity (Wildman–Crippen MR) is 122 cm³/mol. The average molecular weight is 487 g/mol. The number of carbonyl (C=O) groups is 1. The van der Waals surface area contributed by atoms with Gasteiger partial charge < -0.3 is 14.6 Å². The van der Waals surface area contributed by atoms with Crippen LogP contribution in [-0.4, -0.2) is 49.9 Å². The Kier molecular flexibility index (Phi) is 5.91. The lowest BCUT2D eigenvalue weighted by Crippen LogP contribution is -2.51. The molecule has 34 heavy (non-hydrogen) atoms. The number of likely N-dealkylation sites (tertiary alicyclic amines) is 1. The summed E-state index contributed by atoms with van der Waals surface area (Å²) in [4.78, 5) is 20.7. The summed E-state index contributed by atoms with van der Waals surface area (Å²) in [5, 5.41) is 11.6. The first-order valence-corrected chi connectivity index (χ1v) is 11.2. The minimum atomic E-state index is -0.960. The van der Waals surface area contributed by atoms with Gasteiger partial charge in [-0.2, -0.15) is 20.0 Å². The van der Waals surface area contributed by atoms with Crippen molar-refractivity contribution >= 4 is 34.6 Å². The molecule has 3 heterocycles. The molecule has 2 aromatic heterocycles. The van der Waals surface area contributed by atoms with Gasteiger partial charge in [-0.25, -0.2) is 8.78 Å². The van der Waals surface area contributed by atoms with Gasteiger partial charge in [-0.15, -0.1) is 0 Å². The van der Waals surface area contributed by atoms with E-state index in [-0.39, 0.29) is 23.2 Å². The summed E-state index contributed by atoms with van der Waals surface area (Å²) in [6.45, 7) is 2.81. The minimum absolute atomic E-state index is 0.0479. The van der Waals surface area contributed by atoms with Crippen LogP contribution in [0.2, 0.25) is 5.02 Å². The van der Waals surface area contributed by atoms with E-state index in [4.69, 9.17) is 16.0 Å². The van der Waals surface area contributed by atoms with E-state index in [1.807, 2.05) is 6.92 Å². The molecule has 0 spiro atoms. The third-order valence-electron chi connectivity index (χ3n) is 6.07. The molecular weight excluding hydrogens is 466 g/mol. The number of hydrogen-bond acceptors (Lipinski definition) is 6. The lowest BCUT2D eigenvalue weighted by atomic mass is 9.90. The van der Waals surface area contributed by atoms with Gasteiger partial charge in [0.1, 0.15) is 28.4 Å². The van der Waals surface area contributed by atoms with Gasteiger partial charge in [0.2, 0.25) is 0 Å². The summed E-state index contributed by atoms with van der Waals surface area (Å²) < 4.78 is 34.6. The van der Waals surface area contributed by atoms with Crippen molar-refractivity contribution in [3.63, 3.8) is 0 Å². The van der Waals surface area contributed by atoms with Crippen LogP contribution in [0.1, 0.15) is 30.1 Å². The summed E-state index contributed by atoms with van der Waals surface area (Å²) in [5.41, 5.74) is 0.882. The second kappa shape index (κ2) is 9.02. The van der Waals surface area contributed by atoms with Crippen molar-refractivity contribution in [2.24, 2.45) is 5.92 Å². The van der Waals surface area contributed by atoms with Gasteiger partial charge in [-0.1, -0.05) is 18.5 Å². The number of nitrogens with one attached hydrogen (secondary N) is 1. The van der Waals surface area contributed by atoms with E-state index in [0.717, 1.165) is 23.7 Å². The van der Waals surface area contributed by atoms with Crippen LogP contribution in [0, 0.1) is 17.6 Å². The Morgan fingerprint density at radius 3 is 2.82 bits per heavy atom. The molecule has 0 radical (unpaired) electrons. The van der Waals surface area contributed by atoms with E-state index in [2.05, 4.69) is 20.5 Å². The molecule has 1 amide bonds. The van der Waals surface area contributed by atoms with Crippen molar-refractivity contribution in [2.75, 3.05) is 18.4 Å². The Labute approximate surface area is 198 Å². The number of nitrogens with zero attached hydrogens (tertiary/aromatic N) is 5. The van der Waals surface area contributed by atoms with Gasteiger partial charge in [0, 0.05) is 30.2 Å². The van der Waals surface area contributed by atoms with Crippen molar-refractivity contribution in [1.82, 2.24) is 24.9 Å². The number of hydrogen-bond donors (Lipinski definition) is 1. The highest BCUT2D eigenvalue weighted by Gasteiger charge is 2.35. The number of piperidine rings is 1. The maximum atomic E-state index is 14.9. The number of anilines is 1. The number of carbonyl (C=O) groups excluding carboxylic acids is 1. The summed E-state index contributed by atoms with van der Waals surface area (Å²) >= 11 is 6.02. The summed E-state index contributed by atoms with van der Waals surface area (Å²) in [7, 11) is 0. The van der Waals surface area contributed by atoms with Crippen LogP contribution in [0.15, 0.2) is 47.1 Å². The number of halogens is 3. The van der Waals surface area contributed by atoms with Crippen molar-refractivity contribution in [1.29, 1.82) is 0 Å². The fourth-order valence-electron chi connectivity index (χ4n) is 4.39. The van der Waals surface area contributed by atoms with Crippen molar-refractivity contribution in [3.05, 3.63) is 64.9 Å². The smallest absolute Gasteiger partial charge is 0.295 e. The van der Waals surface area contributed by atoms with Gasteiger partial charge in [-0.3, -0.25) is 4.79 Å². The SMILES string of the molecule is CC1CCCN(C(=O)c2c(F)cc(F)cc2-n2nccn2)C1CNc1nc2cc(Cl)ccc2o1. The summed E-state index contributed by atoms with van der Waals surface area (Å²) in [6, 6.07) is 6.93. The van der Waals surface area contributed by atoms with Gasteiger partial charge in [-0.05, 0) is 37.0 Å². The zero-order valence-electron chi connectivity index (χ0n) is 18.2. The van der Waals surface area contributed by atoms with E-state index in [9.17, 15) is 13.6 Å². The van der Waals surface area contributed by atoms with E-state index >= 15 is 0 Å². The average Bonchev–Trinajstić information content (AvgIpc) is 3.47. The second-order valence-electron chi connectivity index (χ2n) is 8.30. The molecular formula is C23H21ClF2N6O2. The highest BCUT2D eigenvalue weighted by atomic mass is 35.5. The van der Waals surface area contributed by atoms with Gasteiger partial charge in [0.05, 0.1) is 18.4 Å². The number of oxazole rings is 1. The lowest BCUT2D eigenvalue weighted by Gasteiger charge is -2.40. The molecule has 0 bridgehead atoms. The van der Waals surface area contributed by atoms with Crippen LogP contribution in [-0.2, 0) is 0 Å².